The van der Waals surface area contributed by atoms with Crippen molar-refractivity contribution >= 4 is 44.4 Å². The molecule has 0 aliphatic carbocycles. The molecule has 0 spiro atoms. The van der Waals surface area contributed by atoms with Gasteiger partial charge in [-0.3, -0.25) is 10.1 Å². The molecule has 0 atom stereocenters. The summed E-state index contributed by atoms with van der Waals surface area (Å²) in [6, 6.07) is 7.13. The average Bonchev–Trinajstić information content (AvgIpc) is 2.96. The number of thiazole rings is 1. The number of carbonyl (C=O) groups excluding carboxylic acids is 2. The molecular weight excluding hydrogens is 394 g/mol. The molecule has 1 aliphatic rings. The van der Waals surface area contributed by atoms with Crippen LogP contribution in [0.3, 0.4) is 0 Å². The predicted octanol–water partition coefficient (Wildman–Crippen LogP) is 3.67. The van der Waals surface area contributed by atoms with Gasteiger partial charge in [0.1, 0.15) is 0 Å². The highest BCUT2D eigenvalue weighted by atomic mass is 79.9. The molecule has 3 rings (SSSR count). The summed E-state index contributed by atoms with van der Waals surface area (Å²) in [6.45, 7) is 3.20. The molecule has 8 heteroatoms. The molecule has 0 saturated heterocycles. The highest BCUT2D eigenvalue weighted by molar-refractivity contribution is 9.10. The van der Waals surface area contributed by atoms with E-state index in [1.807, 2.05) is 12.1 Å². The van der Waals surface area contributed by atoms with E-state index >= 15 is 0 Å². The van der Waals surface area contributed by atoms with Crippen LogP contribution >= 0.6 is 27.3 Å². The molecule has 1 aromatic carbocycles. The van der Waals surface area contributed by atoms with Crippen molar-refractivity contribution in [1.82, 2.24) is 9.88 Å². The van der Waals surface area contributed by atoms with Gasteiger partial charge in [-0.25, -0.2) is 9.78 Å². The fourth-order valence-electron chi connectivity index (χ4n) is 2.39. The molecule has 0 bridgehead atoms. The molecule has 0 unspecified atom stereocenters. The van der Waals surface area contributed by atoms with E-state index in [1.165, 1.54) is 11.3 Å². The summed E-state index contributed by atoms with van der Waals surface area (Å²) in [7, 11) is 0. The quantitative estimate of drug-likeness (QED) is 0.838. The van der Waals surface area contributed by atoms with Crippen molar-refractivity contribution in [2.45, 2.75) is 19.9 Å². The molecule has 2 heterocycles. The van der Waals surface area contributed by atoms with E-state index < -0.39 is 0 Å². The topological polar surface area (TPSA) is 71.5 Å². The van der Waals surface area contributed by atoms with Gasteiger partial charge in [-0.05, 0) is 31.2 Å². The molecule has 1 aliphatic heterocycles. The van der Waals surface area contributed by atoms with Gasteiger partial charge in [0.2, 0.25) is 0 Å². The molecule has 1 aromatic heterocycles. The first-order valence-electron chi connectivity index (χ1n) is 7.54. The van der Waals surface area contributed by atoms with E-state index in [-0.39, 0.29) is 12.0 Å². The predicted molar refractivity (Wildman–Crippen MR) is 95.3 cm³/mol. The molecule has 24 heavy (non-hydrogen) atoms. The number of halogens is 1. The first kappa shape index (κ1) is 16.9. The van der Waals surface area contributed by atoms with Gasteiger partial charge in [0.05, 0.1) is 18.8 Å². The SMILES string of the molecule is CCOC(=O)N1CCc2nc(NC(=O)c3ccc(Br)cc3)sc2C1. The fraction of sp³-hybridized carbons (Fsp3) is 0.312. The minimum absolute atomic E-state index is 0.198. The van der Waals surface area contributed by atoms with Crippen molar-refractivity contribution in [3.8, 4) is 0 Å². The zero-order valence-corrected chi connectivity index (χ0v) is 15.4. The number of ether oxygens (including phenoxy) is 1. The number of fused-ring (bicyclic) bond motifs is 1. The summed E-state index contributed by atoms with van der Waals surface area (Å²) in [5.41, 5.74) is 1.51. The van der Waals surface area contributed by atoms with Gasteiger partial charge in [0, 0.05) is 27.9 Å². The Morgan fingerprint density at radius 3 is 2.83 bits per heavy atom. The molecule has 126 valence electrons. The second-order valence-corrected chi connectivity index (χ2v) is 7.22. The number of aromatic nitrogens is 1. The minimum atomic E-state index is -0.308. The summed E-state index contributed by atoms with van der Waals surface area (Å²) in [5, 5.41) is 3.38. The highest BCUT2D eigenvalue weighted by Crippen LogP contribution is 2.29. The van der Waals surface area contributed by atoms with Crippen LogP contribution in [0, 0.1) is 0 Å². The maximum Gasteiger partial charge on any atom is 0.410 e. The number of hydrogen-bond acceptors (Lipinski definition) is 5. The maximum atomic E-state index is 12.3. The van der Waals surface area contributed by atoms with Crippen LogP contribution < -0.4 is 5.32 Å². The van der Waals surface area contributed by atoms with Crippen LogP contribution in [0.25, 0.3) is 0 Å². The number of carbonyl (C=O) groups is 2. The first-order chi connectivity index (χ1) is 11.6. The van der Waals surface area contributed by atoms with Crippen LogP contribution in [0.4, 0.5) is 9.93 Å². The van der Waals surface area contributed by atoms with E-state index in [0.717, 1.165) is 15.0 Å². The number of hydrogen-bond donors (Lipinski definition) is 1. The average molecular weight is 410 g/mol. The van der Waals surface area contributed by atoms with Gasteiger partial charge in [0.25, 0.3) is 5.91 Å². The Morgan fingerprint density at radius 1 is 1.38 bits per heavy atom. The standard InChI is InChI=1S/C16H16BrN3O3S/c1-2-23-16(22)20-8-7-12-13(9-20)24-15(18-12)19-14(21)10-3-5-11(17)6-4-10/h3-6H,2,7-9H2,1H3,(H,18,19,21). The largest absolute Gasteiger partial charge is 0.450 e. The summed E-state index contributed by atoms with van der Waals surface area (Å²) in [6.07, 6.45) is 0.357. The first-order valence-corrected chi connectivity index (χ1v) is 9.15. The van der Waals surface area contributed by atoms with Crippen LogP contribution in [0.5, 0.6) is 0 Å². The summed E-state index contributed by atoms with van der Waals surface area (Å²) >= 11 is 4.74. The van der Waals surface area contributed by atoms with Gasteiger partial charge in [-0.1, -0.05) is 27.3 Å². The molecule has 0 radical (unpaired) electrons. The van der Waals surface area contributed by atoms with E-state index in [1.54, 1.807) is 24.0 Å². The Hall–Kier alpha value is -1.93. The third-order valence-electron chi connectivity index (χ3n) is 3.58. The summed E-state index contributed by atoms with van der Waals surface area (Å²) < 4.78 is 5.95. The van der Waals surface area contributed by atoms with Crippen LogP contribution in [-0.2, 0) is 17.7 Å². The molecule has 0 fully saturated rings. The van der Waals surface area contributed by atoms with Crippen molar-refractivity contribution in [3.63, 3.8) is 0 Å². The Bertz CT molecular complexity index is 760. The van der Waals surface area contributed by atoms with Crippen LogP contribution in [0.2, 0.25) is 0 Å². The van der Waals surface area contributed by atoms with Crippen LogP contribution in [0.1, 0.15) is 27.9 Å². The van der Waals surface area contributed by atoms with E-state index in [4.69, 9.17) is 4.74 Å². The number of anilines is 1. The molecular formula is C16H16BrN3O3S. The Balaban J connectivity index is 1.68. The number of amides is 2. The number of rotatable bonds is 3. The molecule has 6 nitrogen and oxygen atoms in total. The molecule has 2 amide bonds. The van der Waals surface area contributed by atoms with Gasteiger partial charge >= 0.3 is 6.09 Å². The zero-order valence-electron chi connectivity index (χ0n) is 13.0. The molecule has 0 saturated carbocycles. The summed E-state index contributed by atoms with van der Waals surface area (Å²) in [4.78, 5) is 31.2. The Morgan fingerprint density at radius 2 is 2.12 bits per heavy atom. The molecule has 2 aromatic rings. The number of nitrogens with zero attached hydrogens (tertiary/aromatic N) is 2. The third kappa shape index (κ3) is 3.76. The van der Waals surface area contributed by atoms with Crippen molar-refractivity contribution in [1.29, 1.82) is 0 Å². The van der Waals surface area contributed by atoms with Crippen molar-refractivity contribution in [2.75, 3.05) is 18.5 Å². The number of nitrogens with one attached hydrogen (secondary N) is 1. The Kier molecular flexibility index (Phi) is 5.15. The number of benzene rings is 1. The second kappa shape index (κ2) is 7.31. The molecule has 1 N–H and O–H groups in total. The van der Waals surface area contributed by atoms with E-state index in [2.05, 4.69) is 26.2 Å². The minimum Gasteiger partial charge on any atom is -0.450 e. The maximum absolute atomic E-state index is 12.3. The van der Waals surface area contributed by atoms with Crippen molar-refractivity contribution in [3.05, 3.63) is 44.9 Å². The monoisotopic (exact) mass is 409 g/mol. The Labute approximate surface area is 152 Å². The van der Waals surface area contributed by atoms with Crippen LogP contribution in [0.15, 0.2) is 28.7 Å². The fourth-order valence-corrected chi connectivity index (χ4v) is 3.67. The van der Waals surface area contributed by atoms with Gasteiger partial charge in [-0.2, -0.15) is 0 Å². The van der Waals surface area contributed by atoms with E-state index in [9.17, 15) is 9.59 Å². The third-order valence-corrected chi connectivity index (χ3v) is 5.11. The lowest BCUT2D eigenvalue weighted by Crippen LogP contribution is -2.35. The van der Waals surface area contributed by atoms with Crippen molar-refractivity contribution < 1.29 is 14.3 Å². The zero-order chi connectivity index (χ0) is 17.1. The lowest BCUT2D eigenvalue weighted by atomic mass is 10.2. The highest BCUT2D eigenvalue weighted by Gasteiger charge is 2.25. The normalized spacial score (nSPS) is 13.3. The van der Waals surface area contributed by atoms with Crippen molar-refractivity contribution in [2.24, 2.45) is 0 Å². The van der Waals surface area contributed by atoms with Gasteiger partial charge in [0.15, 0.2) is 5.13 Å². The second-order valence-electron chi connectivity index (χ2n) is 5.22. The smallest absolute Gasteiger partial charge is 0.410 e. The van der Waals surface area contributed by atoms with E-state index in [0.29, 0.717) is 36.8 Å². The van der Waals surface area contributed by atoms with Crippen LogP contribution in [-0.4, -0.2) is 35.0 Å². The van der Waals surface area contributed by atoms with Gasteiger partial charge < -0.3 is 9.64 Å². The lowest BCUT2D eigenvalue weighted by Gasteiger charge is -2.24. The lowest BCUT2D eigenvalue weighted by molar-refractivity contribution is 0.102. The summed E-state index contributed by atoms with van der Waals surface area (Å²) in [5.74, 6) is -0.198. The van der Waals surface area contributed by atoms with Gasteiger partial charge in [-0.15, -0.1) is 0 Å².